The van der Waals surface area contributed by atoms with E-state index < -0.39 is 0 Å². The van der Waals surface area contributed by atoms with Gasteiger partial charge in [0.15, 0.2) is 11.6 Å². The second kappa shape index (κ2) is 7.79. The molecule has 0 atom stereocenters. The number of carbonyl (C=O) groups excluding carboxylic acids is 1. The molecular weight excluding hydrogens is 314 g/mol. The maximum absolute atomic E-state index is 12.0. The van der Waals surface area contributed by atoms with Gasteiger partial charge in [-0.3, -0.25) is 0 Å². The molecule has 0 aromatic heterocycles. The Bertz CT molecular complexity index is 819. The minimum atomic E-state index is -0.389. The Hall–Kier alpha value is -2.88. The predicted octanol–water partition coefficient (Wildman–Crippen LogP) is 4.19. The van der Waals surface area contributed by atoms with Crippen LogP contribution in [0, 0.1) is 0 Å². The van der Waals surface area contributed by atoms with Gasteiger partial charge in [0.25, 0.3) is 0 Å². The van der Waals surface area contributed by atoms with Gasteiger partial charge in [0, 0.05) is 6.42 Å². The molecule has 4 nitrogen and oxygen atoms in total. The van der Waals surface area contributed by atoms with Crippen LogP contribution in [0.2, 0.25) is 0 Å². The molecule has 0 N–H and O–H groups in total. The second-order valence-electron chi connectivity index (χ2n) is 5.87. The van der Waals surface area contributed by atoms with Crippen molar-refractivity contribution in [1.29, 1.82) is 0 Å². The highest BCUT2D eigenvalue weighted by atomic mass is 16.6. The third-order valence-electron chi connectivity index (χ3n) is 4.12. The highest BCUT2D eigenvalue weighted by Crippen LogP contribution is 2.19. The van der Waals surface area contributed by atoms with E-state index in [1.807, 2.05) is 36.4 Å². The normalized spacial score (nSPS) is 15.2. The van der Waals surface area contributed by atoms with Gasteiger partial charge in [0.05, 0.1) is 7.11 Å². The van der Waals surface area contributed by atoms with Crippen LogP contribution < -0.4 is 4.74 Å². The van der Waals surface area contributed by atoms with Gasteiger partial charge in [-0.15, -0.1) is 0 Å². The van der Waals surface area contributed by atoms with Crippen molar-refractivity contribution >= 4 is 17.9 Å². The molecule has 2 aromatic rings. The number of hydrogen-bond donors (Lipinski definition) is 0. The summed E-state index contributed by atoms with van der Waals surface area (Å²) in [6.45, 7) is 2.11. The maximum Gasteiger partial charge on any atom is 0.363 e. The largest absolute Gasteiger partial charge is 0.497 e. The second-order valence-corrected chi connectivity index (χ2v) is 5.87. The number of rotatable bonds is 6. The van der Waals surface area contributed by atoms with Gasteiger partial charge < -0.3 is 9.47 Å². The van der Waals surface area contributed by atoms with Gasteiger partial charge in [-0.2, -0.15) is 0 Å². The van der Waals surface area contributed by atoms with E-state index in [2.05, 4.69) is 24.0 Å². The predicted molar refractivity (Wildman–Crippen MR) is 98.6 cm³/mol. The molecule has 4 heteroatoms. The molecule has 0 saturated heterocycles. The van der Waals surface area contributed by atoms with Crippen molar-refractivity contribution in [3.8, 4) is 5.75 Å². The molecule has 25 heavy (non-hydrogen) atoms. The fourth-order valence-electron chi connectivity index (χ4n) is 2.65. The van der Waals surface area contributed by atoms with E-state index in [0.29, 0.717) is 18.0 Å². The Morgan fingerprint density at radius 3 is 2.60 bits per heavy atom. The summed E-state index contributed by atoms with van der Waals surface area (Å²) in [7, 11) is 1.64. The first kappa shape index (κ1) is 17.0. The molecule has 0 saturated carbocycles. The van der Waals surface area contributed by atoms with Gasteiger partial charge in [-0.25, -0.2) is 9.79 Å². The molecule has 2 aromatic carbocycles. The molecule has 0 unspecified atom stereocenters. The molecule has 0 amide bonds. The molecule has 1 aliphatic heterocycles. The number of esters is 1. The lowest BCUT2D eigenvalue weighted by atomic mass is 10.1. The SMILES string of the molecule is CCc1ccc(/C=C2/N=C(CCc3cccc(OC)c3)OC2=O)cc1. The molecule has 1 aliphatic rings. The van der Waals surface area contributed by atoms with Crippen molar-refractivity contribution in [3.05, 3.63) is 70.9 Å². The van der Waals surface area contributed by atoms with E-state index >= 15 is 0 Å². The average Bonchev–Trinajstić information content (AvgIpc) is 3.00. The van der Waals surface area contributed by atoms with Crippen LogP contribution in [-0.2, 0) is 22.4 Å². The summed E-state index contributed by atoms with van der Waals surface area (Å²) in [6.07, 6.45) is 4.07. The fourth-order valence-corrected chi connectivity index (χ4v) is 2.65. The van der Waals surface area contributed by atoms with Crippen LogP contribution in [0.1, 0.15) is 30.0 Å². The van der Waals surface area contributed by atoms with Crippen LogP contribution in [0.15, 0.2) is 59.2 Å². The number of aryl methyl sites for hydroxylation is 2. The molecule has 0 aliphatic carbocycles. The zero-order valence-electron chi connectivity index (χ0n) is 14.5. The minimum absolute atomic E-state index is 0.352. The van der Waals surface area contributed by atoms with Crippen molar-refractivity contribution in [2.24, 2.45) is 4.99 Å². The van der Waals surface area contributed by atoms with Gasteiger partial charge in [-0.1, -0.05) is 43.3 Å². The van der Waals surface area contributed by atoms with Crippen LogP contribution in [0.25, 0.3) is 6.08 Å². The van der Waals surface area contributed by atoms with Crippen molar-refractivity contribution in [2.45, 2.75) is 26.2 Å². The monoisotopic (exact) mass is 335 g/mol. The molecular formula is C21H21NO3. The van der Waals surface area contributed by atoms with Crippen molar-refractivity contribution in [2.75, 3.05) is 7.11 Å². The first-order chi connectivity index (χ1) is 12.2. The van der Waals surface area contributed by atoms with E-state index in [0.717, 1.165) is 29.7 Å². The topological polar surface area (TPSA) is 47.9 Å². The Morgan fingerprint density at radius 1 is 1.08 bits per heavy atom. The number of ether oxygens (including phenoxy) is 2. The van der Waals surface area contributed by atoms with Gasteiger partial charge in [0.1, 0.15) is 5.75 Å². The van der Waals surface area contributed by atoms with E-state index in [-0.39, 0.29) is 5.97 Å². The Morgan fingerprint density at radius 2 is 1.88 bits per heavy atom. The van der Waals surface area contributed by atoms with Crippen LogP contribution in [-0.4, -0.2) is 19.0 Å². The third kappa shape index (κ3) is 4.35. The van der Waals surface area contributed by atoms with Gasteiger partial charge in [-0.05, 0) is 47.7 Å². The highest BCUT2D eigenvalue weighted by molar-refractivity contribution is 6.07. The maximum atomic E-state index is 12.0. The lowest BCUT2D eigenvalue weighted by Crippen LogP contribution is -2.05. The molecule has 0 bridgehead atoms. The van der Waals surface area contributed by atoms with Gasteiger partial charge >= 0.3 is 5.97 Å². The van der Waals surface area contributed by atoms with E-state index in [4.69, 9.17) is 9.47 Å². The summed E-state index contributed by atoms with van der Waals surface area (Å²) < 4.78 is 10.5. The van der Waals surface area contributed by atoms with Gasteiger partial charge in [0.2, 0.25) is 0 Å². The smallest absolute Gasteiger partial charge is 0.363 e. The Labute approximate surface area is 147 Å². The average molecular weight is 335 g/mol. The molecule has 1 heterocycles. The van der Waals surface area contributed by atoms with Crippen LogP contribution in [0.4, 0.5) is 0 Å². The third-order valence-corrected chi connectivity index (χ3v) is 4.12. The number of methoxy groups -OCH3 is 1. The summed E-state index contributed by atoms with van der Waals surface area (Å²) >= 11 is 0. The van der Waals surface area contributed by atoms with Crippen molar-refractivity contribution < 1.29 is 14.3 Å². The molecule has 3 rings (SSSR count). The number of hydrogen-bond acceptors (Lipinski definition) is 4. The van der Waals surface area contributed by atoms with Crippen LogP contribution in [0.3, 0.4) is 0 Å². The first-order valence-electron chi connectivity index (χ1n) is 8.41. The van der Waals surface area contributed by atoms with Crippen molar-refractivity contribution in [1.82, 2.24) is 0 Å². The Balaban J connectivity index is 1.67. The summed E-state index contributed by atoms with van der Waals surface area (Å²) in [5, 5.41) is 0. The zero-order valence-corrected chi connectivity index (χ0v) is 14.5. The molecule has 0 fully saturated rings. The Kier molecular flexibility index (Phi) is 5.29. The fraction of sp³-hybridized carbons (Fsp3) is 0.238. The molecule has 0 spiro atoms. The zero-order chi connectivity index (χ0) is 17.6. The molecule has 0 radical (unpaired) electrons. The molecule has 128 valence electrons. The number of nitrogens with zero attached hydrogens (tertiary/aromatic N) is 1. The van der Waals surface area contributed by atoms with Crippen molar-refractivity contribution in [3.63, 3.8) is 0 Å². The number of cyclic esters (lactones) is 1. The summed E-state index contributed by atoms with van der Waals surface area (Å²) in [5.41, 5.74) is 3.68. The highest BCUT2D eigenvalue weighted by Gasteiger charge is 2.22. The first-order valence-corrected chi connectivity index (χ1v) is 8.41. The standard InChI is InChI=1S/C21H21NO3/c1-3-15-7-9-17(10-8-15)14-19-21(23)25-20(22-19)12-11-16-5-4-6-18(13-16)24-2/h4-10,13-14H,3,11-12H2,1-2H3/b19-14+. The lowest BCUT2D eigenvalue weighted by Gasteiger charge is -2.03. The number of carbonyl (C=O) groups is 1. The van der Waals surface area contributed by atoms with E-state index in [1.165, 1.54) is 5.56 Å². The van der Waals surface area contributed by atoms with E-state index in [1.54, 1.807) is 13.2 Å². The lowest BCUT2D eigenvalue weighted by molar-refractivity contribution is -0.130. The number of aliphatic imine (C=N–C) groups is 1. The van der Waals surface area contributed by atoms with Crippen LogP contribution in [0.5, 0.6) is 5.75 Å². The van der Waals surface area contributed by atoms with Crippen LogP contribution >= 0.6 is 0 Å². The van der Waals surface area contributed by atoms with E-state index in [9.17, 15) is 4.79 Å². The summed E-state index contributed by atoms with van der Waals surface area (Å²) in [5.74, 6) is 0.892. The quantitative estimate of drug-likeness (QED) is 0.587. The summed E-state index contributed by atoms with van der Waals surface area (Å²) in [4.78, 5) is 16.3. The minimum Gasteiger partial charge on any atom is -0.497 e. The summed E-state index contributed by atoms with van der Waals surface area (Å²) in [6, 6.07) is 15.9. The number of benzene rings is 2.